The number of hydrogen-bond acceptors (Lipinski definition) is 3. The summed E-state index contributed by atoms with van der Waals surface area (Å²) in [6.45, 7) is 3.93. The Morgan fingerprint density at radius 3 is 2.34 bits per heavy atom. The summed E-state index contributed by atoms with van der Waals surface area (Å²) >= 11 is 5.42. The average molecular weight is 412 g/mol. The molecule has 2 aromatic rings. The molecule has 29 heavy (non-hydrogen) atoms. The molecule has 4 saturated carbocycles. The fourth-order valence-electron chi connectivity index (χ4n) is 6.84. The van der Waals surface area contributed by atoms with Crippen molar-refractivity contribution in [1.29, 1.82) is 0 Å². The number of hydrogen-bond donors (Lipinski definition) is 2. The maximum absolute atomic E-state index is 13.2. The Bertz CT molecular complexity index is 1050. The molecule has 1 amide bonds. The standard InChI is InChI=1S/C23H29N3O2S/c1-13(26-21(28)18-5-3-4-6-19(18)25-22(26)29)20(27)24-14(2)23-10-15-7-16(11-23)9-17(8-15)12-23/h3-6,13-17H,7-12H2,1-2H3,(H,24,27)(H,25,29)/t13-,14-,15?,16?,17?,23?/m0/s1. The van der Waals surface area contributed by atoms with Gasteiger partial charge in [0.15, 0.2) is 4.77 Å². The van der Waals surface area contributed by atoms with Gasteiger partial charge in [-0.25, -0.2) is 0 Å². The average Bonchev–Trinajstić information content (AvgIpc) is 2.66. The van der Waals surface area contributed by atoms with Gasteiger partial charge in [0.2, 0.25) is 5.91 Å². The van der Waals surface area contributed by atoms with Gasteiger partial charge < -0.3 is 10.3 Å². The minimum atomic E-state index is -0.646. The van der Waals surface area contributed by atoms with Crippen molar-refractivity contribution < 1.29 is 4.79 Å². The van der Waals surface area contributed by atoms with Gasteiger partial charge in [-0.15, -0.1) is 0 Å². The number of amides is 1. The molecule has 0 spiro atoms. The minimum Gasteiger partial charge on any atom is -0.351 e. The molecule has 1 aromatic carbocycles. The Balaban J connectivity index is 1.40. The number of nitrogens with zero attached hydrogens (tertiary/aromatic N) is 1. The normalized spacial score (nSPS) is 32.3. The number of benzene rings is 1. The molecule has 4 bridgehead atoms. The van der Waals surface area contributed by atoms with Crippen molar-refractivity contribution in [3.8, 4) is 0 Å². The quantitative estimate of drug-likeness (QED) is 0.736. The molecule has 0 radical (unpaired) electrons. The summed E-state index contributed by atoms with van der Waals surface area (Å²) in [5, 5.41) is 3.83. The monoisotopic (exact) mass is 411 g/mol. The summed E-state index contributed by atoms with van der Waals surface area (Å²) in [6.07, 6.45) is 7.88. The van der Waals surface area contributed by atoms with Crippen LogP contribution in [0.15, 0.2) is 29.1 Å². The van der Waals surface area contributed by atoms with E-state index in [1.807, 2.05) is 18.2 Å². The van der Waals surface area contributed by atoms with E-state index in [0.717, 1.165) is 17.8 Å². The van der Waals surface area contributed by atoms with E-state index < -0.39 is 6.04 Å². The van der Waals surface area contributed by atoms with Crippen LogP contribution in [-0.4, -0.2) is 21.5 Å². The van der Waals surface area contributed by atoms with Gasteiger partial charge in [0.25, 0.3) is 5.56 Å². The first-order chi connectivity index (χ1) is 13.9. The van der Waals surface area contributed by atoms with E-state index in [-0.39, 0.29) is 22.9 Å². The molecule has 6 rings (SSSR count). The summed E-state index contributed by atoms with van der Waals surface area (Å²) in [5.74, 6) is 2.41. The molecule has 2 atom stereocenters. The van der Waals surface area contributed by atoms with Crippen LogP contribution in [0, 0.1) is 27.9 Å². The molecule has 154 valence electrons. The number of rotatable bonds is 4. The van der Waals surface area contributed by atoms with E-state index in [0.29, 0.717) is 15.7 Å². The molecule has 4 fully saturated rings. The Morgan fingerprint density at radius 2 is 1.72 bits per heavy atom. The predicted octanol–water partition coefficient (Wildman–Crippen LogP) is 4.34. The lowest BCUT2D eigenvalue weighted by Crippen LogP contribution is -2.56. The van der Waals surface area contributed by atoms with Gasteiger partial charge in [0, 0.05) is 6.04 Å². The van der Waals surface area contributed by atoms with Gasteiger partial charge in [-0.1, -0.05) is 12.1 Å². The summed E-state index contributed by atoms with van der Waals surface area (Å²) in [4.78, 5) is 29.3. The second-order valence-corrected chi connectivity index (χ2v) is 10.2. The highest BCUT2D eigenvalue weighted by Gasteiger charge is 2.53. The summed E-state index contributed by atoms with van der Waals surface area (Å²) in [6, 6.07) is 6.76. The SMILES string of the molecule is C[C@H](NC(=O)[C@H](C)n1c(=S)[nH]c2ccccc2c1=O)C12CC3CC(CC(C3)C1)C2. The van der Waals surface area contributed by atoms with E-state index in [9.17, 15) is 9.59 Å². The van der Waals surface area contributed by atoms with Crippen LogP contribution in [0.5, 0.6) is 0 Å². The van der Waals surface area contributed by atoms with E-state index in [4.69, 9.17) is 12.2 Å². The molecule has 0 aliphatic heterocycles. The van der Waals surface area contributed by atoms with Crippen molar-refractivity contribution in [2.45, 2.75) is 64.5 Å². The molecule has 0 unspecified atom stereocenters. The van der Waals surface area contributed by atoms with Crippen molar-refractivity contribution in [3.05, 3.63) is 39.4 Å². The second kappa shape index (κ2) is 6.79. The lowest BCUT2D eigenvalue weighted by Gasteiger charge is -2.59. The molecule has 4 aliphatic rings. The predicted molar refractivity (Wildman–Crippen MR) is 116 cm³/mol. The molecule has 6 heteroatoms. The van der Waals surface area contributed by atoms with Crippen molar-refractivity contribution in [3.63, 3.8) is 0 Å². The van der Waals surface area contributed by atoms with E-state index >= 15 is 0 Å². The Hall–Kier alpha value is -1.95. The summed E-state index contributed by atoms with van der Waals surface area (Å²) in [5.41, 5.74) is 0.726. The molecular weight excluding hydrogens is 382 g/mol. The number of nitrogens with one attached hydrogen (secondary N) is 2. The Kier molecular flexibility index (Phi) is 4.46. The Morgan fingerprint density at radius 1 is 1.14 bits per heavy atom. The molecular formula is C23H29N3O2S. The maximum atomic E-state index is 13.2. The Labute approximate surface area is 175 Å². The highest BCUT2D eigenvalue weighted by molar-refractivity contribution is 7.71. The van der Waals surface area contributed by atoms with Crippen LogP contribution in [0.1, 0.15) is 58.4 Å². The zero-order valence-electron chi connectivity index (χ0n) is 17.1. The van der Waals surface area contributed by atoms with Crippen LogP contribution >= 0.6 is 12.2 Å². The third-order valence-corrected chi connectivity index (χ3v) is 8.27. The van der Waals surface area contributed by atoms with Crippen molar-refractivity contribution >= 4 is 29.0 Å². The fraction of sp³-hybridized carbons (Fsp3) is 0.609. The van der Waals surface area contributed by atoms with E-state index in [2.05, 4.69) is 17.2 Å². The van der Waals surface area contributed by atoms with Gasteiger partial charge in [-0.05, 0) is 99.9 Å². The number of para-hydroxylation sites is 1. The first-order valence-electron chi connectivity index (χ1n) is 10.9. The lowest BCUT2D eigenvalue weighted by molar-refractivity contribution is -0.128. The van der Waals surface area contributed by atoms with Gasteiger partial charge >= 0.3 is 0 Å². The smallest absolute Gasteiger partial charge is 0.262 e. The topological polar surface area (TPSA) is 66.9 Å². The van der Waals surface area contributed by atoms with Crippen molar-refractivity contribution in [2.75, 3.05) is 0 Å². The molecule has 1 aromatic heterocycles. The summed E-state index contributed by atoms with van der Waals surface area (Å²) < 4.78 is 1.71. The number of carbonyl (C=O) groups excluding carboxylic acids is 1. The fourth-order valence-corrected chi connectivity index (χ4v) is 7.19. The second-order valence-electron chi connectivity index (χ2n) is 9.84. The van der Waals surface area contributed by atoms with Crippen LogP contribution in [-0.2, 0) is 4.79 Å². The number of fused-ring (bicyclic) bond motifs is 1. The highest BCUT2D eigenvalue weighted by Crippen LogP contribution is 2.61. The van der Waals surface area contributed by atoms with Crippen LogP contribution in [0.25, 0.3) is 10.9 Å². The molecule has 0 saturated heterocycles. The number of carbonyl (C=O) groups is 1. The summed E-state index contributed by atoms with van der Waals surface area (Å²) in [7, 11) is 0. The zero-order chi connectivity index (χ0) is 20.3. The molecule has 5 nitrogen and oxygen atoms in total. The lowest BCUT2D eigenvalue weighted by atomic mass is 9.48. The van der Waals surface area contributed by atoms with Crippen LogP contribution < -0.4 is 10.9 Å². The third-order valence-electron chi connectivity index (χ3n) is 7.97. The number of aromatic nitrogens is 2. The van der Waals surface area contributed by atoms with E-state index in [1.165, 1.54) is 43.1 Å². The van der Waals surface area contributed by atoms with Crippen molar-refractivity contribution in [2.24, 2.45) is 23.2 Å². The van der Waals surface area contributed by atoms with Gasteiger partial charge in [0.05, 0.1) is 10.9 Å². The number of aromatic amines is 1. The van der Waals surface area contributed by atoms with Crippen LogP contribution in [0.3, 0.4) is 0 Å². The first-order valence-corrected chi connectivity index (χ1v) is 11.3. The van der Waals surface area contributed by atoms with Gasteiger partial charge in [-0.3, -0.25) is 14.2 Å². The van der Waals surface area contributed by atoms with Crippen LogP contribution in [0.2, 0.25) is 0 Å². The number of H-pyrrole nitrogens is 1. The minimum absolute atomic E-state index is 0.120. The molecule has 4 aliphatic carbocycles. The molecule has 2 N–H and O–H groups in total. The zero-order valence-corrected chi connectivity index (χ0v) is 17.9. The van der Waals surface area contributed by atoms with Crippen molar-refractivity contribution in [1.82, 2.24) is 14.9 Å². The van der Waals surface area contributed by atoms with E-state index in [1.54, 1.807) is 13.0 Å². The van der Waals surface area contributed by atoms with Gasteiger partial charge in [0.1, 0.15) is 6.04 Å². The van der Waals surface area contributed by atoms with Crippen LogP contribution in [0.4, 0.5) is 0 Å². The largest absolute Gasteiger partial charge is 0.351 e. The third kappa shape index (κ3) is 3.07. The first kappa shape index (κ1) is 19.0. The van der Waals surface area contributed by atoms with Gasteiger partial charge in [-0.2, -0.15) is 0 Å². The molecule has 1 heterocycles. The highest BCUT2D eigenvalue weighted by atomic mass is 32.1. The maximum Gasteiger partial charge on any atom is 0.262 e.